The number of nitro groups is 1. The highest BCUT2D eigenvalue weighted by molar-refractivity contribution is 9.11. The van der Waals surface area contributed by atoms with Crippen molar-refractivity contribution in [1.82, 2.24) is 0 Å². The maximum absolute atomic E-state index is 13.1. The van der Waals surface area contributed by atoms with E-state index in [0.717, 1.165) is 12.1 Å². The number of non-ortho nitro benzene ring substituents is 1. The largest absolute Gasteiger partial charge is 0.454 e. The van der Waals surface area contributed by atoms with Crippen LogP contribution < -0.4 is 4.74 Å². The Balaban J connectivity index is 2.46. The predicted molar refractivity (Wildman–Crippen MR) is 79.7 cm³/mol. The van der Waals surface area contributed by atoms with Crippen molar-refractivity contribution in [3.8, 4) is 17.6 Å². The topological polar surface area (TPSA) is 76.2 Å². The molecule has 0 atom stereocenters. The van der Waals surface area contributed by atoms with Crippen molar-refractivity contribution in [1.29, 1.82) is 5.26 Å². The van der Waals surface area contributed by atoms with Crippen LogP contribution in [0.5, 0.6) is 11.5 Å². The number of benzene rings is 2. The smallest absolute Gasteiger partial charge is 0.271 e. The van der Waals surface area contributed by atoms with Crippen molar-refractivity contribution in [2.45, 2.75) is 0 Å². The van der Waals surface area contributed by atoms with Gasteiger partial charge in [0.15, 0.2) is 5.75 Å². The zero-order chi connectivity index (χ0) is 15.6. The Morgan fingerprint density at radius 3 is 2.38 bits per heavy atom. The van der Waals surface area contributed by atoms with Gasteiger partial charge in [-0.15, -0.1) is 0 Å². The first kappa shape index (κ1) is 15.4. The summed E-state index contributed by atoms with van der Waals surface area (Å²) in [6.45, 7) is 0. The molecule has 0 bridgehead atoms. The van der Waals surface area contributed by atoms with E-state index in [4.69, 9.17) is 10.00 Å². The molecule has 2 rings (SSSR count). The van der Waals surface area contributed by atoms with E-state index >= 15 is 0 Å². The molecule has 2 aromatic rings. The quantitative estimate of drug-likeness (QED) is 0.526. The van der Waals surface area contributed by atoms with Crippen molar-refractivity contribution in [2.24, 2.45) is 0 Å². The molecule has 0 fully saturated rings. The SMILES string of the molecule is N#Cc1cc(F)ccc1Oc1c(Br)cc([N+](=O)[O-])cc1Br. The summed E-state index contributed by atoms with van der Waals surface area (Å²) in [6, 6.07) is 7.88. The van der Waals surface area contributed by atoms with Gasteiger partial charge in [-0.05, 0) is 50.1 Å². The molecule has 0 saturated heterocycles. The minimum absolute atomic E-state index is 0.0205. The fourth-order valence-corrected chi connectivity index (χ4v) is 2.86. The summed E-state index contributed by atoms with van der Waals surface area (Å²) >= 11 is 6.34. The van der Waals surface area contributed by atoms with Gasteiger partial charge in [0.25, 0.3) is 5.69 Å². The Labute approximate surface area is 135 Å². The molecule has 0 spiro atoms. The monoisotopic (exact) mass is 414 g/mol. The second kappa shape index (κ2) is 6.20. The van der Waals surface area contributed by atoms with E-state index < -0.39 is 10.7 Å². The first-order valence-electron chi connectivity index (χ1n) is 5.43. The molecular formula is C13H5Br2FN2O3. The summed E-state index contributed by atoms with van der Waals surface area (Å²) in [5, 5.41) is 19.7. The fourth-order valence-electron chi connectivity index (χ4n) is 1.54. The molecule has 0 aromatic heterocycles. The Kier molecular flexibility index (Phi) is 4.55. The molecule has 0 radical (unpaired) electrons. The van der Waals surface area contributed by atoms with Crippen LogP contribution in [0, 0.1) is 27.3 Å². The van der Waals surface area contributed by atoms with Gasteiger partial charge in [0, 0.05) is 12.1 Å². The van der Waals surface area contributed by atoms with Crippen LogP contribution in [-0.2, 0) is 0 Å². The molecule has 106 valence electrons. The number of hydrogen-bond donors (Lipinski definition) is 0. The summed E-state index contributed by atoms with van der Waals surface area (Å²) < 4.78 is 19.3. The van der Waals surface area contributed by atoms with Crippen LogP contribution in [0.1, 0.15) is 5.56 Å². The van der Waals surface area contributed by atoms with Gasteiger partial charge < -0.3 is 4.74 Å². The highest BCUT2D eigenvalue weighted by Gasteiger charge is 2.17. The van der Waals surface area contributed by atoms with Crippen molar-refractivity contribution in [3.05, 3.63) is 60.8 Å². The second-order valence-corrected chi connectivity index (χ2v) is 5.56. The lowest BCUT2D eigenvalue weighted by molar-refractivity contribution is -0.385. The van der Waals surface area contributed by atoms with Crippen LogP contribution in [0.15, 0.2) is 39.3 Å². The summed E-state index contributed by atoms with van der Waals surface area (Å²) in [7, 11) is 0. The van der Waals surface area contributed by atoms with Crippen LogP contribution in [0.4, 0.5) is 10.1 Å². The Bertz CT molecular complexity index is 751. The molecule has 5 nitrogen and oxygen atoms in total. The van der Waals surface area contributed by atoms with Crippen molar-refractivity contribution in [2.75, 3.05) is 0 Å². The van der Waals surface area contributed by atoms with E-state index in [2.05, 4.69) is 31.9 Å². The average Bonchev–Trinajstić information content (AvgIpc) is 2.43. The zero-order valence-corrected chi connectivity index (χ0v) is 13.3. The second-order valence-electron chi connectivity index (χ2n) is 3.85. The molecule has 0 amide bonds. The molecule has 2 aromatic carbocycles. The fraction of sp³-hybridized carbons (Fsp3) is 0. The van der Waals surface area contributed by atoms with Gasteiger partial charge in [-0.1, -0.05) is 0 Å². The van der Waals surface area contributed by atoms with Gasteiger partial charge in [0.1, 0.15) is 17.6 Å². The summed E-state index contributed by atoms with van der Waals surface area (Å²) in [5.74, 6) is -0.154. The minimum Gasteiger partial charge on any atom is -0.454 e. The van der Waals surface area contributed by atoms with Crippen LogP contribution >= 0.6 is 31.9 Å². The van der Waals surface area contributed by atoms with Crippen LogP contribution in [0.25, 0.3) is 0 Å². The molecule has 21 heavy (non-hydrogen) atoms. The summed E-state index contributed by atoms with van der Waals surface area (Å²) in [4.78, 5) is 10.2. The Morgan fingerprint density at radius 2 is 1.86 bits per heavy atom. The number of halogens is 3. The molecule has 0 aliphatic carbocycles. The third-order valence-electron chi connectivity index (χ3n) is 2.47. The highest BCUT2D eigenvalue weighted by Crippen LogP contribution is 2.40. The van der Waals surface area contributed by atoms with Gasteiger partial charge in [-0.3, -0.25) is 10.1 Å². The number of rotatable bonds is 3. The van der Waals surface area contributed by atoms with Gasteiger partial charge in [-0.25, -0.2) is 4.39 Å². The van der Waals surface area contributed by atoms with Crippen LogP contribution in [0.2, 0.25) is 0 Å². The zero-order valence-electron chi connectivity index (χ0n) is 10.1. The van der Waals surface area contributed by atoms with Crippen molar-refractivity contribution < 1.29 is 14.1 Å². The van der Waals surface area contributed by atoms with E-state index in [0.29, 0.717) is 8.95 Å². The molecule has 0 saturated carbocycles. The van der Waals surface area contributed by atoms with Gasteiger partial charge >= 0.3 is 0 Å². The standard InChI is InChI=1S/C13H5Br2FN2O3/c14-10-4-9(18(19)20)5-11(15)13(10)21-12-2-1-8(16)3-7(12)6-17/h1-5H. The minimum atomic E-state index is -0.555. The normalized spacial score (nSPS) is 10.0. The maximum Gasteiger partial charge on any atom is 0.271 e. The number of nitrogens with zero attached hydrogens (tertiary/aromatic N) is 2. The molecule has 0 heterocycles. The van der Waals surface area contributed by atoms with Crippen LogP contribution in [0.3, 0.4) is 0 Å². The molecule has 0 N–H and O–H groups in total. The van der Waals surface area contributed by atoms with Crippen molar-refractivity contribution in [3.63, 3.8) is 0 Å². The lowest BCUT2D eigenvalue weighted by Crippen LogP contribution is -1.94. The van der Waals surface area contributed by atoms with E-state index in [1.165, 1.54) is 18.2 Å². The number of nitro benzene ring substituents is 1. The summed E-state index contributed by atoms with van der Waals surface area (Å²) in [6.07, 6.45) is 0. The molecule has 0 aliphatic rings. The van der Waals surface area contributed by atoms with E-state index in [1.807, 2.05) is 6.07 Å². The highest BCUT2D eigenvalue weighted by atomic mass is 79.9. The lowest BCUT2D eigenvalue weighted by atomic mass is 10.2. The number of ether oxygens (including phenoxy) is 1. The Morgan fingerprint density at radius 1 is 1.24 bits per heavy atom. The van der Waals surface area contributed by atoms with Gasteiger partial charge in [-0.2, -0.15) is 5.26 Å². The molecule has 0 aliphatic heterocycles. The number of nitriles is 1. The van der Waals surface area contributed by atoms with Crippen LogP contribution in [-0.4, -0.2) is 4.92 Å². The summed E-state index contributed by atoms with van der Waals surface area (Å²) in [5.41, 5.74) is -0.104. The molecular weight excluding hydrogens is 411 g/mol. The van der Waals surface area contributed by atoms with Crippen molar-refractivity contribution >= 4 is 37.5 Å². The number of hydrogen-bond acceptors (Lipinski definition) is 4. The first-order valence-corrected chi connectivity index (χ1v) is 7.02. The third-order valence-corrected chi connectivity index (χ3v) is 3.65. The maximum atomic E-state index is 13.1. The predicted octanol–water partition coefficient (Wildman–Crippen LogP) is 4.92. The van der Waals surface area contributed by atoms with E-state index in [1.54, 1.807) is 0 Å². The van der Waals surface area contributed by atoms with E-state index in [9.17, 15) is 14.5 Å². The Hall–Kier alpha value is -1.98. The lowest BCUT2D eigenvalue weighted by Gasteiger charge is -2.11. The third kappa shape index (κ3) is 3.37. The molecule has 0 unspecified atom stereocenters. The van der Waals surface area contributed by atoms with Gasteiger partial charge in [0.2, 0.25) is 0 Å². The molecule has 8 heteroatoms. The van der Waals surface area contributed by atoms with E-state index in [-0.39, 0.29) is 22.7 Å². The average molecular weight is 416 g/mol. The van der Waals surface area contributed by atoms with Gasteiger partial charge in [0.05, 0.1) is 19.4 Å². The first-order chi connectivity index (χ1) is 9.92.